The molecule has 1 amide bonds. The van der Waals surface area contributed by atoms with Gasteiger partial charge in [0.15, 0.2) is 0 Å². The average Bonchev–Trinajstić information content (AvgIpc) is 3.56. The summed E-state index contributed by atoms with van der Waals surface area (Å²) in [5.74, 6) is 1.38. The minimum atomic E-state index is -0.875. The van der Waals surface area contributed by atoms with Gasteiger partial charge >= 0.3 is 6.09 Å². The summed E-state index contributed by atoms with van der Waals surface area (Å²) < 4.78 is 5.89. The Bertz CT molecular complexity index is 1020. The second kappa shape index (κ2) is 10.3. The largest absolute Gasteiger partial charge is 0.494 e. The van der Waals surface area contributed by atoms with Gasteiger partial charge in [-0.25, -0.2) is 4.79 Å². The summed E-state index contributed by atoms with van der Waals surface area (Å²) in [7, 11) is 0. The topological polar surface area (TPSA) is 53.0 Å². The van der Waals surface area contributed by atoms with Crippen molar-refractivity contribution in [1.29, 1.82) is 0 Å². The van der Waals surface area contributed by atoms with Gasteiger partial charge in [0, 0.05) is 23.5 Å². The number of fused-ring (bicyclic) bond motifs is 2. The highest BCUT2D eigenvalue weighted by Crippen LogP contribution is 2.47. The van der Waals surface area contributed by atoms with Gasteiger partial charge in [0.1, 0.15) is 5.75 Å². The van der Waals surface area contributed by atoms with Crippen LogP contribution in [-0.4, -0.2) is 41.3 Å². The van der Waals surface area contributed by atoms with Crippen LogP contribution in [-0.2, 0) is 6.54 Å². The summed E-state index contributed by atoms with van der Waals surface area (Å²) in [6.45, 7) is 2.23. The van der Waals surface area contributed by atoms with Crippen LogP contribution in [0.3, 0.4) is 0 Å². The summed E-state index contributed by atoms with van der Waals surface area (Å²) >= 11 is 3.33. The lowest BCUT2D eigenvalue weighted by molar-refractivity contribution is 0.118. The molecule has 2 saturated heterocycles. The highest BCUT2D eigenvalue weighted by Gasteiger charge is 2.42. The molecule has 1 N–H and O–H groups in total. The molecular formula is C26H30N2O3S2. The Morgan fingerprint density at radius 3 is 2.58 bits per heavy atom. The number of piperidine rings is 1. The number of hydrogen-bond donors (Lipinski definition) is 1. The van der Waals surface area contributed by atoms with Crippen LogP contribution in [0.25, 0.3) is 0 Å². The van der Waals surface area contributed by atoms with Gasteiger partial charge in [-0.15, -0.1) is 11.3 Å². The number of anilines is 1. The monoisotopic (exact) mass is 482 g/mol. The molecule has 2 aliphatic heterocycles. The zero-order chi connectivity index (χ0) is 22.6. The first-order valence-corrected chi connectivity index (χ1v) is 13.5. The van der Waals surface area contributed by atoms with E-state index in [9.17, 15) is 9.90 Å². The molecule has 0 aliphatic carbocycles. The SMILES string of the molecule is O=C(O)N(Cc1ccsc1)c1ccsc1C1CC2CCC(C1)N2CCCOc1ccccc1. The molecule has 2 aliphatic rings. The number of carboxylic acid groups (broad SMARTS) is 1. The number of carbonyl (C=O) groups is 1. The Morgan fingerprint density at radius 2 is 1.88 bits per heavy atom. The lowest BCUT2D eigenvalue weighted by Gasteiger charge is -2.39. The average molecular weight is 483 g/mol. The minimum Gasteiger partial charge on any atom is -0.494 e. The summed E-state index contributed by atoms with van der Waals surface area (Å²) in [6, 6.07) is 15.2. The third kappa shape index (κ3) is 5.10. The molecule has 1 aromatic carbocycles. The fraction of sp³-hybridized carbons (Fsp3) is 0.423. The van der Waals surface area contributed by atoms with Crippen molar-refractivity contribution in [3.63, 3.8) is 0 Å². The normalized spacial score (nSPS) is 22.4. The highest BCUT2D eigenvalue weighted by atomic mass is 32.1. The number of ether oxygens (including phenoxy) is 1. The summed E-state index contributed by atoms with van der Waals surface area (Å²) in [4.78, 5) is 17.6. The van der Waals surface area contributed by atoms with E-state index in [1.54, 1.807) is 22.7 Å². The summed E-state index contributed by atoms with van der Waals surface area (Å²) in [5, 5.41) is 16.0. The van der Waals surface area contributed by atoms with Crippen molar-refractivity contribution in [2.75, 3.05) is 18.1 Å². The van der Waals surface area contributed by atoms with E-state index in [-0.39, 0.29) is 0 Å². The first-order chi connectivity index (χ1) is 16.2. The van der Waals surface area contributed by atoms with E-state index in [4.69, 9.17) is 4.74 Å². The number of benzene rings is 1. The van der Waals surface area contributed by atoms with Crippen molar-refractivity contribution in [1.82, 2.24) is 4.90 Å². The number of hydrogen-bond acceptors (Lipinski definition) is 5. The first kappa shape index (κ1) is 22.4. The van der Waals surface area contributed by atoms with Crippen LogP contribution in [0, 0.1) is 0 Å². The minimum absolute atomic E-state index is 0.412. The Morgan fingerprint density at radius 1 is 1.09 bits per heavy atom. The maximum absolute atomic E-state index is 12.1. The molecule has 2 aromatic heterocycles. The number of amides is 1. The molecule has 2 unspecified atom stereocenters. The molecule has 0 spiro atoms. The van der Waals surface area contributed by atoms with Gasteiger partial charge in [0.2, 0.25) is 0 Å². The molecule has 174 valence electrons. The van der Waals surface area contributed by atoms with Crippen LogP contribution < -0.4 is 9.64 Å². The first-order valence-electron chi connectivity index (χ1n) is 11.7. The number of nitrogens with zero attached hydrogens (tertiary/aromatic N) is 2. The van der Waals surface area contributed by atoms with E-state index in [2.05, 4.69) is 10.3 Å². The molecule has 4 heterocycles. The predicted molar refractivity (Wildman–Crippen MR) is 135 cm³/mol. The fourth-order valence-corrected chi connectivity index (χ4v) is 7.16. The molecule has 2 bridgehead atoms. The third-order valence-corrected chi connectivity index (χ3v) is 8.74. The molecule has 2 atom stereocenters. The third-order valence-electron chi connectivity index (χ3n) is 6.94. The molecule has 0 radical (unpaired) electrons. The van der Waals surface area contributed by atoms with Gasteiger partial charge in [-0.05, 0) is 84.0 Å². The molecule has 0 saturated carbocycles. The molecule has 3 aromatic rings. The van der Waals surface area contributed by atoms with Crippen molar-refractivity contribution < 1.29 is 14.6 Å². The van der Waals surface area contributed by atoms with Crippen molar-refractivity contribution in [3.8, 4) is 5.75 Å². The maximum atomic E-state index is 12.1. The maximum Gasteiger partial charge on any atom is 0.412 e. The summed E-state index contributed by atoms with van der Waals surface area (Å²) in [5.41, 5.74) is 1.93. The van der Waals surface area contributed by atoms with Gasteiger partial charge in [-0.3, -0.25) is 9.80 Å². The Hall–Kier alpha value is -2.35. The van der Waals surface area contributed by atoms with Crippen LogP contribution in [0.1, 0.15) is 48.5 Å². The zero-order valence-electron chi connectivity index (χ0n) is 18.6. The lowest BCUT2D eigenvalue weighted by atomic mass is 9.88. The smallest absolute Gasteiger partial charge is 0.412 e. The van der Waals surface area contributed by atoms with Crippen LogP contribution in [0.2, 0.25) is 0 Å². The van der Waals surface area contributed by atoms with Gasteiger partial charge in [0.05, 0.1) is 18.8 Å². The Balaban J connectivity index is 1.21. The Kier molecular flexibility index (Phi) is 6.99. The Labute approximate surface area is 203 Å². The van der Waals surface area contributed by atoms with E-state index in [1.165, 1.54) is 22.6 Å². The van der Waals surface area contributed by atoms with E-state index in [0.717, 1.165) is 49.4 Å². The standard InChI is InChI=1S/C26H30N2O3S2/c29-26(30)28(17-19-9-13-32-18-19)24-10-14-33-25(24)20-15-21-7-8-22(16-20)27(21)11-4-12-31-23-5-2-1-3-6-23/h1-3,5-6,9-10,13-14,18,20-22H,4,7-8,11-12,15-17H2,(H,29,30). The molecule has 7 heteroatoms. The number of para-hydroxylation sites is 1. The molecule has 33 heavy (non-hydrogen) atoms. The second-order valence-corrected chi connectivity index (χ2v) is 10.7. The lowest BCUT2D eigenvalue weighted by Crippen LogP contribution is -2.43. The zero-order valence-corrected chi connectivity index (χ0v) is 20.3. The van der Waals surface area contributed by atoms with Gasteiger partial charge in [-0.1, -0.05) is 18.2 Å². The fourth-order valence-electron chi connectivity index (χ4n) is 5.47. The van der Waals surface area contributed by atoms with Gasteiger partial charge in [-0.2, -0.15) is 11.3 Å². The van der Waals surface area contributed by atoms with Crippen molar-refractivity contribution in [2.45, 2.75) is 56.7 Å². The van der Waals surface area contributed by atoms with Crippen LogP contribution in [0.15, 0.2) is 58.6 Å². The van der Waals surface area contributed by atoms with Crippen LogP contribution in [0.4, 0.5) is 10.5 Å². The number of rotatable bonds is 9. The van der Waals surface area contributed by atoms with Crippen molar-refractivity contribution in [3.05, 3.63) is 69.0 Å². The van der Waals surface area contributed by atoms with Gasteiger partial charge < -0.3 is 9.84 Å². The molecule has 5 rings (SSSR count). The molecule has 2 fully saturated rings. The van der Waals surface area contributed by atoms with Gasteiger partial charge in [0.25, 0.3) is 0 Å². The highest BCUT2D eigenvalue weighted by molar-refractivity contribution is 7.10. The van der Waals surface area contributed by atoms with Crippen LogP contribution in [0.5, 0.6) is 5.75 Å². The molecular weight excluding hydrogens is 452 g/mol. The van der Waals surface area contributed by atoms with Crippen molar-refractivity contribution >= 4 is 34.5 Å². The van der Waals surface area contributed by atoms with E-state index >= 15 is 0 Å². The van der Waals surface area contributed by atoms with Crippen molar-refractivity contribution in [2.24, 2.45) is 0 Å². The summed E-state index contributed by atoms with van der Waals surface area (Å²) in [6.07, 6.45) is 4.90. The van der Waals surface area contributed by atoms with Crippen LogP contribution >= 0.6 is 22.7 Å². The predicted octanol–water partition coefficient (Wildman–Crippen LogP) is 6.67. The van der Waals surface area contributed by atoms with E-state index in [1.807, 2.05) is 53.2 Å². The number of thiophene rings is 2. The van der Waals surface area contributed by atoms with E-state index in [0.29, 0.717) is 24.5 Å². The second-order valence-electron chi connectivity index (χ2n) is 8.98. The molecule has 5 nitrogen and oxygen atoms in total. The van der Waals surface area contributed by atoms with E-state index < -0.39 is 6.09 Å². The quantitative estimate of drug-likeness (QED) is 0.346.